The van der Waals surface area contributed by atoms with Gasteiger partial charge >= 0.3 is 5.97 Å². The van der Waals surface area contributed by atoms with E-state index in [4.69, 9.17) is 14.7 Å². The van der Waals surface area contributed by atoms with E-state index in [9.17, 15) is 4.79 Å². The first-order valence-corrected chi connectivity index (χ1v) is 7.40. The largest absolute Gasteiger partial charge is 0.496 e. The summed E-state index contributed by atoms with van der Waals surface area (Å²) in [6, 6.07) is 9.59. The molecule has 0 bridgehead atoms. The molecule has 0 heterocycles. The Hall–Kier alpha value is -2.39. The predicted molar refractivity (Wildman–Crippen MR) is 88.5 cm³/mol. The standard InChI is InChI=1S/C17H23N3O3/c1-5-23-17(21)13(10-18)11-19-12-15(20(2)3)14-8-6-7-9-16(14)22-4/h6-9,11,13,15H,5,12H2,1-4H3/t13-,15+/m0/s1. The smallest absolute Gasteiger partial charge is 0.328 e. The summed E-state index contributed by atoms with van der Waals surface area (Å²) >= 11 is 0. The summed E-state index contributed by atoms with van der Waals surface area (Å²) < 4.78 is 10.2. The van der Waals surface area contributed by atoms with Crippen LogP contribution in [0, 0.1) is 17.2 Å². The van der Waals surface area contributed by atoms with Crippen LogP contribution in [0.5, 0.6) is 5.75 Å². The van der Waals surface area contributed by atoms with Crippen LogP contribution in [-0.2, 0) is 9.53 Å². The lowest BCUT2D eigenvalue weighted by Gasteiger charge is -2.24. The maximum atomic E-state index is 11.6. The van der Waals surface area contributed by atoms with Crippen molar-refractivity contribution in [2.24, 2.45) is 10.9 Å². The monoisotopic (exact) mass is 317 g/mol. The second-order valence-electron chi connectivity index (χ2n) is 5.09. The Morgan fingerprint density at radius 2 is 2.13 bits per heavy atom. The molecular weight excluding hydrogens is 294 g/mol. The third kappa shape index (κ3) is 5.38. The van der Waals surface area contributed by atoms with E-state index in [1.165, 1.54) is 6.21 Å². The number of nitrogens with zero attached hydrogens (tertiary/aromatic N) is 3. The second kappa shape index (κ2) is 9.59. The highest BCUT2D eigenvalue weighted by molar-refractivity contribution is 5.92. The number of benzene rings is 1. The van der Waals surface area contributed by atoms with Crippen molar-refractivity contribution in [3.05, 3.63) is 29.8 Å². The summed E-state index contributed by atoms with van der Waals surface area (Å²) in [4.78, 5) is 17.9. The zero-order valence-electron chi connectivity index (χ0n) is 14.0. The maximum absolute atomic E-state index is 11.6. The number of aliphatic imine (C=N–C) groups is 1. The number of rotatable bonds is 8. The predicted octanol–water partition coefficient (Wildman–Crippen LogP) is 2.07. The molecule has 6 heteroatoms. The number of carbonyl (C=O) groups is 1. The number of esters is 1. The van der Waals surface area contributed by atoms with Crippen molar-refractivity contribution in [2.45, 2.75) is 13.0 Å². The number of nitriles is 1. The van der Waals surface area contributed by atoms with Crippen LogP contribution in [0.25, 0.3) is 0 Å². The number of methoxy groups -OCH3 is 1. The van der Waals surface area contributed by atoms with Gasteiger partial charge in [-0.2, -0.15) is 5.26 Å². The molecule has 0 fully saturated rings. The van der Waals surface area contributed by atoms with E-state index in [-0.39, 0.29) is 12.6 Å². The van der Waals surface area contributed by atoms with Crippen molar-refractivity contribution in [3.8, 4) is 11.8 Å². The topological polar surface area (TPSA) is 74.9 Å². The van der Waals surface area contributed by atoms with Gasteiger partial charge < -0.3 is 14.4 Å². The van der Waals surface area contributed by atoms with Crippen LogP contribution in [0.2, 0.25) is 0 Å². The summed E-state index contributed by atoms with van der Waals surface area (Å²) in [5.74, 6) is -0.767. The second-order valence-corrected chi connectivity index (χ2v) is 5.09. The molecule has 1 rings (SSSR count). The lowest BCUT2D eigenvalue weighted by Crippen LogP contribution is -2.24. The van der Waals surface area contributed by atoms with Crippen LogP contribution in [0.4, 0.5) is 0 Å². The summed E-state index contributed by atoms with van der Waals surface area (Å²) in [6.07, 6.45) is 1.35. The Balaban J connectivity index is 2.87. The van der Waals surface area contributed by atoms with Gasteiger partial charge in [-0.05, 0) is 27.1 Å². The first-order valence-electron chi connectivity index (χ1n) is 7.40. The Labute approximate surface area is 137 Å². The summed E-state index contributed by atoms with van der Waals surface area (Å²) in [5.41, 5.74) is 1.00. The third-order valence-corrected chi connectivity index (χ3v) is 3.33. The molecule has 0 aliphatic rings. The van der Waals surface area contributed by atoms with Gasteiger partial charge in [-0.25, -0.2) is 0 Å². The van der Waals surface area contributed by atoms with Crippen molar-refractivity contribution in [1.82, 2.24) is 4.90 Å². The molecule has 0 aliphatic carbocycles. The van der Waals surface area contributed by atoms with Gasteiger partial charge in [0, 0.05) is 11.8 Å². The van der Waals surface area contributed by atoms with Crippen molar-refractivity contribution >= 4 is 12.2 Å². The third-order valence-electron chi connectivity index (χ3n) is 3.33. The van der Waals surface area contributed by atoms with E-state index < -0.39 is 11.9 Å². The van der Waals surface area contributed by atoms with Crippen molar-refractivity contribution < 1.29 is 14.3 Å². The first-order chi connectivity index (χ1) is 11.0. The van der Waals surface area contributed by atoms with Crippen LogP contribution in [0.15, 0.2) is 29.3 Å². The highest BCUT2D eigenvalue weighted by atomic mass is 16.5. The fourth-order valence-corrected chi connectivity index (χ4v) is 2.13. The quantitative estimate of drug-likeness (QED) is 0.542. The van der Waals surface area contributed by atoms with Crippen LogP contribution >= 0.6 is 0 Å². The van der Waals surface area contributed by atoms with Crippen molar-refractivity contribution in [1.29, 1.82) is 5.26 Å². The van der Waals surface area contributed by atoms with Gasteiger partial charge in [-0.1, -0.05) is 18.2 Å². The SMILES string of the molecule is CCOC(=O)[C@@H](C#N)C=NC[C@H](c1ccccc1OC)N(C)C. The lowest BCUT2D eigenvalue weighted by atomic mass is 10.0. The molecule has 0 saturated carbocycles. The fourth-order valence-electron chi connectivity index (χ4n) is 2.13. The van der Waals surface area contributed by atoms with Crippen molar-refractivity contribution in [2.75, 3.05) is 34.4 Å². The van der Waals surface area contributed by atoms with Gasteiger partial charge in [0.25, 0.3) is 0 Å². The molecule has 0 radical (unpaired) electrons. The van der Waals surface area contributed by atoms with E-state index in [0.29, 0.717) is 6.54 Å². The Morgan fingerprint density at radius 3 is 2.70 bits per heavy atom. The highest BCUT2D eigenvalue weighted by Gasteiger charge is 2.19. The van der Waals surface area contributed by atoms with Crippen LogP contribution in [0.1, 0.15) is 18.5 Å². The molecule has 0 amide bonds. The molecule has 0 saturated heterocycles. The number of hydrogen-bond acceptors (Lipinski definition) is 6. The number of hydrogen-bond donors (Lipinski definition) is 0. The van der Waals surface area contributed by atoms with E-state index in [0.717, 1.165) is 11.3 Å². The Bertz CT molecular complexity index is 579. The first kappa shape index (κ1) is 18.7. The summed E-state index contributed by atoms with van der Waals surface area (Å²) in [7, 11) is 5.51. The van der Waals surface area contributed by atoms with Gasteiger partial charge in [0.1, 0.15) is 5.75 Å². The lowest BCUT2D eigenvalue weighted by molar-refractivity contribution is -0.143. The zero-order valence-corrected chi connectivity index (χ0v) is 14.0. The number of likely N-dealkylation sites (N-methyl/N-ethyl adjacent to an activating group) is 1. The van der Waals surface area contributed by atoms with E-state index in [1.807, 2.05) is 49.3 Å². The van der Waals surface area contributed by atoms with Gasteiger partial charge in [-0.15, -0.1) is 0 Å². The average Bonchev–Trinajstić information content (AvgIpc) is 2.55. The molecule has 0 aliphatic heterocycles. The molecule has 6 nitrogen and oxygen atoms in total. The van der Waals surface area contributed by atoms with E-state index in [2.05, 4.69) is 4.99 Å². The van der Waals surface area contributed by atoms with Gasteiger partial charge in [0.05, 0.1) is 32.4 Å². The molecule has 0 aromatic heterocycles. The molecule has 0 spiro atoms. The molecule has 0 unspecified atom stereocenters. The molecule has 2 atom stereocenters. The minimum Gasteiger partial charge on any atom is -0.496 e. The van der Waals surface area contributed by atoms with Gasteiger partial charge in [0.15, 0.2) is 5.92 Å². The minimum atomic E-state index is -0.976. The minimum absolute atomic E-state index is 0.0241. The maximum Gasteiger partial charge on any atom is 0.328 e. The summed E-state index contributed by atoms with van der Waals surface area (Å²) in [6.45, 7) is 2.35. The van der Waals surface area contributed by atoms with Crippen LogP contribution in [0.3, 0.4) is 0 Å². The van der Waals surface area contributed by atoms with Gasteiger partial charge in [0.2, 0.25) is 0 Å². The van der Waals surface area contributed by atoms with E-state index in [1.54, 1.807) is 14.0 Å². The Kier molecular flexibility index (Phi) is 7.78. The van der Waals surface area contributed by atoms with E-state index >= 15 is 0 Å². The molecular formula is C17H23N3O3. The van der Waals surface area contributed by atoms with Crippen molar-refractivity contribution in [3.63, 3.8) is 0 Å². The summed E-state index contributed by atoms with van der Waals surface area (Å²) in [5, 5.41) is 9.02. The average molecular weight is 317 g/mol. The fraction of sp³-hybridized carbons (Fsp3) is 0.471. The normalized spacial score (nSPS) is 13.6. The molecule has 1 aromatic rings. The molecule has 23 heavy (non-hydrogen) atoms. The Morgan fingerprint density at radius 1 is 1.43 bits per heavy atom. The number of ether oxygens (including phenoxy) is 2. The number of carbonyl (C=O) groups excluding carboxylic acids is 1. The molecule has 0 N–H and O–H groups in total. The zero-order chi connectivity index (χ0) is 17.2. The van der Waals surface area contributed by atoms with Crippen LogP contribution in [-0.4, -0.2) is 51.4 Å². The van der Waals surface area contributed by atoms with Gasteiger partial charge in [-0.3, -0.25) is 9.79 Å². The number of para-hydroxylation sites is 1. The molecule has 1 aromatic carbocycles. The molecule has 124 valence electrons. The van der Waals surface area contributed by atoms with Crippen LogP contribution < -0.4 is 4.74 Å². The highest BCUT2D eigenvalue weighted by Crippen LogP contribution is 2.28.